The van der Waals surface area contributed by atoms with E-state index < -0.39 is 0 Å². The molecule has 0 aliphatic heterocycles. The van der Waals surface area contributed by atoms with Gasteiger partial charge in [0.15, 0.2) is 0 Å². The van der Waals surface area contributed by atoms with Gasteiger partial charge in [-0.2, -0.15) is 0 Å². The molecule has 4 heteroatoms. The average molecular weight is 335 g/mol. The van der Waals surface area contributed by atoms with Crippen LogP contribution in [0, 0.1) is 13.8 Å². The molecule has 1 aliphatic rings. The molecule has 2 aromatic heterocycles. The van der Waals surface area contributed by atoms with Gasteiger partial charge in [0, 0.05) is 17.6 Å². The van der Waals surface area contributed by atoms with Gasteiger partial charge in [-0.1, -0.05) is 37.3 Å². The molecule has 1 aliphatic carbocycles. The van der Waals surface area contributed by atoms with Gasteiger partial charge in [-0.25, -0.2) is 4.98 Å². The second kappa shape index (κ2) is 7.51. The number of amides is 1. The first kappa shape index (κ1) is 17.2. The smallest absolute Gasteiger partial charge is 0.255 e. The molecule has 0 saturated heterocycles. The number of carbonyl (C=O) groups excluding carboxylic acids is 1. The van der Waals surface area contributed by atoms with E-state index >= 15 is 0 Å². The highest BCUT2D eigenvalue weighted by Crippen LogP contribution is 2.17. The molecule has 1 unspecified atom stereocenters. The summed E-state index contributed by atoms with van der Waals surface area (Å²) in [7, 11) is 0. The first-order valence-corrected chi connectivity index (χ1v) is 8.84. The Kier molecular flexibility index (Phi) is 5.17. The maximum absolute atomic E-state index is 12.9. The lowest BCUT2D eigenvalue weighted by Crippen LogP contribution is -2.35. The van der Waals surface area contributed by atoms with Crippen LogP contribution in [-0.4, -0.2) is 21.3 Å². The molecule has 4 nitrogen and oxygen atoms in total. The Balaban J connectivity index is 1.84. The van der Waals surface area contributed by atoms with Gasteiger partial charge in [-0.05, 0) is 50.8 Å². The summed E-state index contributed by atoms with van der Waals surface area (Å²) in [4.78, 5) is 17.4. The lowest BCUT2D eigenvalue weighted by Gasteiger charge is -2.19. The van der Waals surface area contributed by atoms with Crippen molar-refractivity contribution in [3.63, 3.8) is 0 Å². The monoisotopic (exact) mass is 335 g/mol. The average Bonchev–Trinajstić information content (AvgIpc) is 2.99. The van der Waals surface area contributed by atoms with E-state index in [9.17, 15) is 4.79 Å². The summed E-state index contributed by atoms with van der Waals surface area (Å²) in [5, 5.41) is 3.15. The molecule has 0 spiro atoms. The number of nitrogens with zero attached hydrogens (tertiary/aromatic N) is 2. The molecule has 130 valence electrons. The predicted octanol–water partition coefficient (Wildman–Crippen LogP) is 4.29. The zero-order valence-electron chi connectivity index (χ0n) is 15.0. The molecule has 1 N–H and O–H groups in total. The molecule has 0 aromatic carbocycles. The number of fused-ring (bicyclic) bond motifs is 1. The van der Waals surface area contributed by atoms with Crippen LogP contribution in [-0.2, 0) is 0 Å². The van der Waals surface area contributed by atoms with Crippen molar-refractivity contribution >= 4 is 11.6 Å². The number of allylic oxidation sites excluding steroid dienone is 3. The summed E-state index contributed by atoms with van der Waals surface area (Å²) in [5.41, 5.74) is 4.23. The first-order valence-electron chi connectivity index (χ1n) is 8.84. The molecule has 0 fully saturated rings. The number of carbonyl (C=O) groups is 1. The summed E-state index contributed by atoms with van der Waals surface area (Å²) in [6.07, 6.45) is 14.3. The van der Waals surface area contributed by atoms with Crippen LogP contribution in [0.4, 0.5) is 0 Å². The molecule has 2 heterocycles. The molecule has 25 heavy (non-hydrogen) atoms. The lowest BCUT2D eigenvalue weighted by atomic mass is 9.99. The Labute approximate surface area is 149 Å². The molecule has 2 aromatic rings. The molecule has 0 bridgehead atoms. The summed E-state index contributed by atoms with van der Waals surface area (Å²) < 4.78 is 1.95. The van der Waals surface area contributed by atoms with Crippen LogP contribution in [0.25, 0.3) is 5.65 Å². The molecule has 3 rings (SSSR count). The Morgan fingerprint density at radius 1 is 1.32 bits per heavy atom. The van der Waals surface area contributed by atoms with Crippen molar-refractivity contribution in [1.29, 1.82) is 0 Å². The highest BCUT2D eigenvalue weighted by Gasteiger charge is 2.19. The number of rotatable bonds is 2. The molecule has 1 amide bonds. The van der Waals surface area contributed by atoms with Crippen LogP contribution in [0.3, 0.4) is 0 Å². The Bertz CT molecular complexity index is 857. The first-order chi connectivity index (χ1) is 12.1. The molecule has 0 saturated carbocycles. The Morgan fingerprint density at radius 2 is 2.16 bits per heavy atom. The fraction of sp³-hybridized carbons (Fsp3) is 0.333. The van der Waals surface area contributed by atoms with E-state index in [2.05, 4.69) is 23.0 Å². The highest BCUT2D eigenvalue weighted by atomic mass is 16.1. The molecular weight excluding hydrogens is 310 g/mol. The summed E-state index contributed by atoms with van der Waals surface area (Å²) in [6.45, 7) is 8.10. The van der Waals surface area contributed by atoms with Gasteiger partial charge in [0.1, 0.15) is 5.65 Å². The van der Waals surface area contributed by atoms with Crippen LogP contribution in [0.5, 0.6) is 0 Å². The van der Waals surface area contributed by atoms with Crippen molar-refractivity contribution in [2.24, 2.45) is 0 Å². The summed E-state index contributed by atoms with van der Waals surface area (Å²) >= 11 is 0. The minimum Gasteiger partial charge on any atom is -0.345 e. The minimum absolute atomic E-state index is 0.0453. The second-order valence-corrected chi connectivity index (χ2v) is 6.63. The van der Waals surface area contributed by atoms with E-state index in [1.807, 2.05) is 54.8 Å². The van der Waals surface area contributed by atoms with Crippen molar-refractivity contribution in [3.8, 4) is 0 Å². The Morgan fingerprint density at radius 3 is 3.00 bits per heavy atom. The topological polar surface area (TPSA) is 46.4 Å². The quantitative estimate of drug-likeness (QED) is 0.890. The van der Waals surface area contributed by atoms with Gasteiger partial charge in [-0.3, -0.25) is 4.79 Å². The van der Waals surface area contributed by atoms with Crippen LogP contribution < -0.4 is 5.32 Å². The third-order valence-electron chi connectivity index (χ3n) is 4.61. The number of hydrogen-bond acceptors (Lipinski definition) is 2. The standard InChI is InChI=1S/C21H25N3O/c1-15-10-8-6-4-5-7-9-11-19(15)23-21(25)18-12-13-24-17(3)14-16(2)22-20(18)24/h4,6,8,10,12-14,19H,1,5,7,9,11H2,2-3H3,(H,23,25)/b6-4-,10-8-. The third kappa shape index (κ3) is 3.90. The van der Waals surface area contributed by atoms with E-state index in [4.69, 9.17) is 0 Å². The van der Waals surface area contributed by atoms with Crippen LogP contribution >= 0.6 is 0 Å². The van der Waals surface area contributed by atoms with Gasteiger partial charge in [0.25, 0.3) is 5.91 Å². The van der Waals surface area contributed by atoms with E-state index in [-0.39, 0.29) is 11.9 Å². The van der Waals surface area contributed by atoms with Crippen LogP contribution in [0.15, 0.2) is 54.8 Å². The SMILES string of the molecule is C=C1/C=C\C=C/CCCCC1NC(=O)c1ccn2c(C)cc(C)nc12. The van der Waals surface area contributed by atoms with Crippen LogP contribution in [0.2, 0.25) is 0 Å². The lowest BCUT2D eigenvalue weighted by molar-refractivity contribution is 0.0942. The van der Waals surface area contributed by atoms with E-state index in [1.54, 1.807) is 0 Å². The van der Waals surface area contributed by atoms with Gasteiger partial charge in [0.2, 0.25) is 0 Å². The van der Waals surface area contributed by atoms with Gasteiger partial charge < -0.3 is 9.72 Å². The number of aryl methyl sites for hydroxylation is 2. The van der Waals surface area contributed by atoms with E-state index in [0.717, 1.165) is 42.6 Å². The normalized spacial score (nSPS) is 21.0. The van der Waals surface area contributed by atoms with E-state index in [0.29, 0.717) is 11.2 Å². The number of hydrogen-bond donors (Lipinski definition) is 1. The predicted molar refractivity (Wildman–Crippen MR) is 102 cm³/mol. The third-order valence-corrected chi connectivity index (χ3v) is 4.61. The zero-order chi connectivity index (χ0) is 17.8. The largest absolute Gasteiger partial charge is 0.345 e. The second-order valence-electron chi connectivity index (χ2n) is 6.63. The van der Waals surface area contributed by atoms with E-state index in [1.165, 1.54) is 0 Å². The van der Waals surface area contributed by atoms with Gasteiger partial charge >= 0.3 is 0 Å². The molecular formula is C21H25N3O. The number of aromatic nitrogens is 2. The zero-order valence-corrected chi connectivity index (χ0v) is 15.0. The number of nitrogens with one attached hydrogen (secondary N) is 1. The van der Waals surface area contributed by atoms with Crippen molar-refractivity contribution in [1.82, 2.24) is 14.7 Å². The molecule has 0 radical (unpaired) electrons. The van der Waals surface area contributed by atoms with Crippen molar-refractivity contribution in [2.45, 2.75) is 45.6 Å². The van der Waals surface area contributed by atoms with Crippen LogP contribution in [0.1, 0.15) is 47.4 Å². The van der Waals surface area contributed by atoms with Gasteiger partial charge in [-0.15, -0.1) is 0 Å². The van der Waals surface area contributed by atoms with Crippen molar-refractivity contribution < 1.29 is 4.79 Å². The maximum Gasteiger partial charge on any atom is 0.255 e. The highest BCUT2D eigenvalue weighted by molar-refractivity contribution is 6.00. The van der Waals surface area contributed by atoms with Crippen molar-refractivity contribution in [3.05, 3.63) is 71.7 Å². The summed E-state index contributed by atoms with van der Waals surface area (Å²) in [6, 6.07) is 3.80. The minimum atomic E-state index is -0.0906. The van der Waals surface area contributed by atoms with Crippen molar-refractivity contribution in [2.75, 3.05) is 0 Å². The fourth-order valence-electron chi connectivity index (χ4n) is 3.24. The maximum atomic E-state index is 12.9. The Hall–Kier alpha value is -2.62. The van der Waals surface area contributed by atoms with Gasteiger partial charge in [0.05, 0.1) is 11.6 Å². The fourth-order valence-corrected chi connectivity index (χ4v) is 3.24. The summed E-state index contributed by atoms with van der Waals surface area (Å²) in [5.74, 6) is -0.0906. The molecule has 1 atom stereocenters.